The zero-order valence-corrected chi connectivity index (χ0v) is 19.8. The van der Waals surface area contributed by atoms with Crippen molar-refractivity contribution < 1.29 is 14.3 Å². The molecule has 174 valence electrons. The van der Waals surface area contributed by atoms with Crippen molar-refractivity contribution >= 4 is 11.7 Å². The molecule has 1 N–H and O–H groups in total. The first-order chi connectivity index (χ1) is 15.6. The molecule has 0 bridgehead atoms. The van der Waals surface area contributed by atoms with Crippen molar-refractivity contribution in [2.45, 2.75) is 57.5 Å². The monoisotopic (exact) mass is 438 g/mol. The van der Waals surface area contributed by atoms with Gasteiger partial charge in [0.1, 0.15) is 5.75 Å². The molecule has 0 heterocycles. The van der Waals surface area contributed by atoms with Crippen molar-refractivity contribution in [2.75, 3.05) is 32.2 Å². The highest BCUT2D eigenvalue weighted by Gasteiger charge is 2.27. The van der Waals surface area contributed by atoms with Crippen molar-refractivity contribution in [1.82, 2.24) is 5.32 Å². The van der Waals surface area contributed by atoms with Crippen molar-refractivity contribution in [3.8, 4) is 5.75 Å². The number of methoxy groups -OCH3 is 2. The Bertz CT molecular complexity index is 809. The number of anilines is 1. The molecule has 1 aliphatic rings. The van der Waals surface area contributed by atoms with Gasteiger partial charge < -0.3 is 19.7 Å². The topological polar surface area (TPSA) is 50.8 Å². The van der Waals surface area contributed by atoms with Crippen LogP contribution in [0.1, 0.15) is 57.1 Å². The summed E-state index contributed by atoms with van der Waals surface area (Å²) in [5.41, 5.74) is 2.54. The Morgan fingerprint density at radius 3 is 2.53 bits per heavy atom. The number of carbonyl (C=O) groups excluding carboxylic acids is 1. The first kappa shape index (κ1) is 24.1. The molecule has 0 radical (unpaired) electrons. The zero-order chi connectivity index (χ0) is 22.8. The maximum Gasteiger partial charge on any atom is 0.305 e. The molecular formula is C27H38N2O3. The van der Waals surface area contributed by atoms with Gasteiger partial charge in [-0.15, -0.1) is 0 Å². The molecule has 3 rings (SSSR count). The minimum absolute atomic E-state index is 0.0989. The Hall–Kier alpha value is -2.53. The molecule has 5 heteroatoms. The van der Waals surface area contributed by atoms with Crippen LogP contribution in [0, 0.1) is 5.92 Å². The molecule has 1 saturated carbocycles. The number of carbonyl (C=O) groups is 1. The van der Waals surface area contributed by atoms with E-state index in [1.54, 1.807) is 7.11 Å². The third kappa shape index (κ3) is 6.99. The first-order valence-electron chi connectivity index (χ1n) is 11.9. The van der Waals surface area contributed by atoms with E-state index in [-0.39, 0.29) is 5.97 Å². The van der Waals surface area contributed by atoms with Gasteiger partial charge in [0.05, 0.1) is 14.2 Å². The van der Waals surface area contributed by atoms with Gasteiger partial charge >= 0.3 is 5.97 Å². The third-order valence-corrected chi connectivity index (χ3v) is 6.69. The van der Waals surface area contributed by atoms with Crippen LogP contribution in [0.4, 0.5) is 5.69 Å². The Morgan fingerprint density at radius 2 is 1.84 bits per heavy atom. The predicted octanol–water partition coefficient (Wildman–Crippen LogP) is 5.36. The van der Waals surface area contributed by atoms with Gasteiger partial charge in [-0.2, -0.15) is 0 Å². The van der Waals surface area contributed by atoms with Crippen LogP contribution in [0.2, 0.25) is 0 Å². The van der Waals surface area contributed by atoms with Crippen LogP contribution in [0.5, 0.6) is 5.75 Å². The van der Waals surface area contributed by atoms with Crippen LogP contribution < -0.4 is 15.0 Å². The molecule has 3 unspecified atom stereocenters. The number of rotatable bonds is 11. The van der Waals surface area contributed by atoms with Crippen molar-refractivity contribution in [3.63, 3.8) is 0 Å². The molecule has 5 nitrogen and oxygen atoms in total. The van der Waals surface area contributed by atoms with Gasteiger partial charge in [-0.3, -0.25) is 4.79 Å². The second-order valence-corrected chi connectivity index (χ2v) is 8.78. The molecule has 2 aromatic carbocycles. The van der Waals surface area contributed by atoms with Gasteiger partial charge in [0.2, 0.25) is 0 Å². The van der Waals surface area contributed by atoms with Crippen LogP contribution in [-0.2, 0) is 9.53 Å². The molecular weight excluding hydrogens is 400 g/mol. The summed E-state index contributed by atoms with van der Waals surface area (Å²) in [6, 6.07) is 19.8. The van der Waals surface area contributed by atoms with Crippen LogP contribution in [0.25, 0.3) is 0 Å². The van der Waals surface area contributed by atoms with Crippen LogP contribution in [0.3, 0.4) is 0 Å². The molecule has 0 saturated heterocycles. The fourth-order valence-corrected chi connectivity index (χ4v) is 4.79. The minimum atomic E-state index is -0.0989. The van der Waals surface area contributed by atoms with E-state index < -0.39 is 0 Å². The van der Waals surface area contributed by atoms with Crippen molar-refractivity contribution in [3.05, 3.63) is 60.2 Å². The lowest BCUT2D eigenvalue weighted by molar-refractivity contribution is -0.141. The molecule has 1 fully saturated rings. The number of nitrogens with zero attached hydrogens (tertiary/aromatic N) is 1. The molecule has 0 amide bonds. The first-order valence-corrected chi connectivity index (χ1v) is 11.9. The summed E-state index contributed by atoms with van der Waals surface area (Å²) in [5, 5.41) is 3.69. The number of hydrogen-bond donors (Lipinski definition) is 1. The summed E-state index contributed by atoms with van der Waals surface area (Å²) >= 11 is 0. The minimum Gasteiger partial charge on any atom is -0.497 e. The maximum absolute atomic E-state index is 11.6. The Morgan fingerprint density at radius 1 is 1.09 bits per heavy atom. The van der Waals surface area contributed by atoms with E-state index in [2.05, 4.69) is 59.6 Å². The SMILES string of the molecule is COC(=O)CCC1CCCC(N(CCNC(C)c2ccccc2)c2ccc(OC)cc2)C1. The van der Waals surface area contributed by atoms with E-state index in [1.165, 1.54) is 37.6 Å². The largest absolute Gasteiger partial charge is 0.497 e. The normalized spacial score (nSPS) is 19.2. The number of ether oxygens (including phenoxy) is 2. The van der Waals surface area contributed by atoms with Gasteiger partial charge in [-0.25, -0.2) is 0 Å². The van der Waals surface area contributed by atoms with Gasteiger partial charge in [0.25, 0.3) is 0 Å². The summed E-state index contributed by atoms with van der Waals surface area (Å²) in [6.45, 7) is 4.07. The quantitative estimate of drug-likeness (QED) is 0.478. The predicted molar refractivity (Wildman–Crippen MR) is 130 cm³/mol. The van der Waals surface area contributed by atoms with E-state index in [4.69, 9.17) is 9.47 Å². The summed E-state index contributed by atoms with van der Waals surface area (Å²) < 4.78 is 10.2. The van der Waals surface area contributed by atoms with Crippen molar-refractivity contribution in [2.24, 2.45) is 5.92 Å². The number of nitrogens with one attached hydrogen (secondary N) is 1. The van der Waals surface area contributed by atoms with Gasteiger partial charge in [0.15, 0.2) is 0 Å². The van der Waals surface area contributed by atoms with E-state index in [9.17, 15) is 4.79 Å². The smallest absolute Gasteiger partial charge is 0.305 e. The molecule has 3 atom stereocenters. The van der Waals surface area contributed by atoms with Crippen LogP contribution >= 0.6 is 0 Å². The maximum atomic E-state index is 11.6. The van der Waals surface area contributed by atoms with Crippen LogP contribution in [-0.4, -0.2) is 39.3 Å². The fourth-order valence-electron chi connectivity index (χ4n) is 4.79. The second kappa shape index (κ2) is 12.5. The average molecular weight is 439 g/mol. The lowest BCUT2D eigenvalue weighted by Crippen LogP contribution is -2.43. The molecule has 2 aromatic rings. The second-order valence-electron chi connectivity index (χ2n) is 8.78. The lowest BCUT2D eigenvalue weighted by atomic mass is 9.82. The highest BCUT2D eigenvalue weighted by Crippen LogP contribution is 2.33. The van der Waals surface area contributed by atoms with E-state index in [0.29, 0.717) is 24.4 Å². The molecule has 0 aliphatic heterocycles. The van der Waals surface area contributed by atoms with Gasteiger partial charge in [0, 0.05) is 37.3 Å². The zero-order valence-electron chi connectivity index (χ0n) is 19.8. The van der Waals surface area contributed by atoms with E-state index in [0.717, 1.165) is 31.7 Å². The number of hydrogen-bond acceptors (Lipinski definition) is 5. The Kier molecular flexibility index (Phi) is 9.42. The molecule has 0 spiro atoms. The number of benzene rings is 2. The number of esters is 1. The van der Waals surface area contributed by atoms with E-state index >= 15 is 0 Å². The van der Waals surface area contributed by atoms with Crippen molar-refractivity contribution in [1.29, 1.82) is 0 Å². The third-order valence-electron chi connectivity index (χ3n) is 6.69. The lowest BCUT2D eigenvalue weighted by Gasteiger charge is -2.39. The summed E-state index contributed by atoms with van der Waals surface area (Å²) in [4.78, 5) is 14.2. The standard InChI is InChI=1S/C27H38N2O3/c1-21(23-9-5-4-6-10-23)28-18-19-29(24-13-15-26(31-2)16-14-24)25-11-7-8-22(20-25)12-17-27(30)32-3/h4-6,9-10,13-16,21-22,25,28H,7-8,11-12,17-20H2,1-3H3. The average Bonchev–Trinajstić information content (AvgIpc) is 2.86. The molecule has 0 aromatic heterocycles. The van der Waals surface area contributed by atoms with Gasteiger partial charge in [-0.05, 0) is 61.9 Å². The van der Waals surface area contributed by atoms with Gasteiger partial charge in [-0.1, -0.05) is 43.2 Å². The highest BCUT2D eigenvalue weighted by molar-refractivity contribution is 5.69. The van der Waals surface area contributed by atoms with E-state index in [1.807, 2.05) is 12.1 Å². The Balaban J connectivity index is 1.65. The Labute approximate surface area is 193 Å². The van der Waals surface area contributed by atoms with Crippen LogP contribution in [0.15, 0.2) is 54.6 Å². The molecule has 32 heavy (non-hydrogen) atoms. The highest BCUT2D eigenvalue weighted by atomic mass is 16.5. The summed E-state index contributed by atoms with van der Waals surface area (Å²) in [6.07, 6.45) is 6.16. The molecule has 1 aliphatic carbocycles. The summed E-state index contributed by atoms with van der Waals surface area (Å²) in [7, 11) is 3.18. The fraction of sp³-hybridized carbons (Fsp3) is 0.519. The summed E-state index contributed by atoms with van der Waals surface area (Å²) in [5.74, 6) is 1.35.